The predicted molar refractivity (Wildman–Crippen MR) is 95.2 cm³/mol. The van der Waals surface area contributed by atoms with E-state index in [4.69, 9.17) is 15.2 Å². The molecule has 0 bridgehead atoms. The summed E-state index contributed by atoms with van der Waals surface area (Å²) in [7, 11) is 2.74. The number of anilines is 1. The fourth-order valence-electron chi connectivity index (χ4n) is 2.07. The van der Waals surface area contributed by atoms with Gasteiger partial charge in [-0.2, -0.15) is 0 Å². The molecule has 0 radical (unpaired) electrons. The number of rotatable bonds is 9. The Labute approximate surface area is 152 Å². The first kappa shape index (κ1) is 21.2. The lowest BCUT2D eigenvalue weighted by atomic mass is 10.2. The van der Waals surface area contributed by atoms with Crippen molar-refractivity contribution in [3.8, 4) is 5.75 Å². The van der Waals surface area contributed by atoms with Crippen molar-refractivity contribution >= 4 is 23.6 Å². The van der Waals surface area contributed by atoms with Gasteiger partial charge in [0.25, 0.3) is 0 Å². The van der Waals surface area contributed by atoms with Crippen molar-refractivity contribution in [2.75, 3.05) is 26.1 Å². The number of hydrogen-bond acceptors (Lipinski definition) is 6. The van der Waals surface area contributed by atoms with Crippen molar-refractivity contribution in [2.45, 2.75) is 32.4 Å². The second kappa shape index (κ2) is 10.2. The lowest BCUT2D eigenvalue weighted by molar-refractivity contribution is -0.120. The number of primary amides is 1. The monoisotopic (exact) mass is 367 g/mol. The predicted octanol–water partition coefficient (Wildman–Crippen LogP) is 1.27. The molecule has 9 nitrogen and oxygen atoms in total. The maximum absolute atomic E-state index is 12.2. The smallest absolute Gasteiger partial charge is 0.337 e. The van der Waals surface area contributed by atoms with Crippen LogP contribution in [-0.4, -0.2) is 50.9 Å². The van der Waals surface area contributed by atoms with Crippen LogP contribution in [0.25, 0.3) is 0 Å². The third-order valence-electron chi connectivity index (χ3n) is 3.27. The zero-order chi connectivity index (χ0) is 19.7. The van der Waals surface area contributed by atoms with E-state index in [0.29, 0.717) is 5.75 Å². The molecule has 1 aromatic carbocycles. The van der Waals surface area contributed by atoms with Gasteiger partial charge >= 0.3 is 12.0 Å². The lowest BCUT2D eigenvalue weighted by Gasteiger charge is -2.18. The number of carbonyl (C=O) groups is 3. The van der Waals surface area contributed by atoms with Crippen molar-refractivity contribution in [3.63, 3.8) is 0 Å². The number of benzene rings is 1. The molecule has 4 N–H and O–H groups in total. The number of carbonyl (C=O) groups excluding carboxylic acids is 3. The van der Waals surface area contributed by atoms with Gasteiger partial charge in [0.2, 0.25) is 5.91 Å². The molecule has 1 atom stereocenters. The number of urea groups is 1. The third-order valence-corrected chi connectivity index (χ3v) is 3.27. The fourth-order valence-corrected chi connectivity index (χ4v) is 2.07. The van der Waals surface area contributed by atoms with Crippen LogP contribution in [0.1, 0.15) is 30.6 Å². The number of hydrogen-bond donors (Lipinski definition) is 3. The molecule has 9 heteroatoms. The summed E-state index contributed by atoms with van der Waals surface area (Å²) in [6.07, 6.45) is 0.0826. The summed E-state index contributed by atoms with van der Waals surface area (Å²) in [5.41, 5.74) is 5.77. The molecule has 0 saturated carbocycles. The van der Waals surface area contributed by atoms with E-state index in [9.17, 15) is 14.4 Å². The van der Waals surface area contributed by atoms with Gasteiger partial charge < -0.3 is 30.6 Å². The molecule has 1 aromatic rings. The molecule has 0 unspecified atom stereocenters. The number of ether oxygens (including phenoxy) is 3. The van der Waals surface area contributed by atoms with Crippen LogP contribution < -0.4 is 21.1 Å². The van der Waals surface area contributed by atoms with Gasteiger partial charge in [0.1, 0.15) is 11.8 Å². The van der Waals surface area contributed by atoms with Gasteiger partial charge in [0, 0.05) is 13.7 Å². The average molecular weight is 367 g/mol. The lowest BCUT2D eigenvalue weighted by Crippen LogP contribution is -2.46. The van der Waals surface area contributed by atoms with Gasteiger partial charge in [-0.05, 0) is 38.5 Å². The molecule has 0 saturated heterocycles. The minimum Gasteiger partial charge on any atom is -0.489 e. The quantitative estimate of drug-likeness (QED) is 0.564. The summed E-state index contributed by atoms with van der Waals surface area (Å²) in [5.74, 6) is -0.867. The SMILES string of the molecule is COCC[C@H](NC(=O)Nc1cc(C(=O)OC)ccc1OC(C)C)C(N)=O. The van der Waals surface area contributed by atoms with E-state index < -0.39 is 23.9 Å². The Kier molecular flexibility index (Phi) is 8.36. The minimum atomic E-state index is -0.895. The normalized spacial score (nSPS) is 11.6. The maximum atomic E-state index is 12.2. The summed E-state index contributed by atoms with van der Waals surface area (Å²) in [5, 5.41) is 5.03. The second-order valence-corrected chi connectivity index (χ2v) is 5.70. The first-order valence-electron chi connectivity index (χ1n) is 8.03. The molecule has 144 valence electrons. The highest BCUT2D eigenvalue weighted by molar-refractivity contribution is 5.97. The number of esters is 1. The van der Waals surface area contributed by atoms with Gasteiger partial charge in [0.15, 0.2) is 0 Å². The highest BCUT2D eigenvalue weighted by atomic mass is 16.5. The average Bonchev–Trinajstić information content (AvgIpc) is 2.58. The number of nitrogens with one attached hydrogen (secondary N) is 2. The molecule has 3 amide bonds. The summed E-state index contributed by atoms with van der Waals surface area (Å²) in [4.78, 5) is 35.4. The first-order valence-corrected chi connectivity index (χ1v) is 8.03. The van der Waals surface area contributed by atoms with Crippen LogP contribution in [0.2, 0.25) is 0 Å². The molecule has 0 heterocycles. The van der Waals surface area contributed by atoms with Crippen LogP contribution in [0.3, 0.4) is 0 Å². The number of amides is 3. The summed E-state index contributed by atoms with van der Waals surface area (Å²) in [6, 6.07) is 2.95. The molecule has 0 spiro atoms. The van der Waals surface area contributed by atoms with E-state index in [2.05, 4.69) is 15.4 Å². The van der Waals surface area contributed by atoms with Crippen LogP contribution >= 0.6 is 0 Å². The zero-order valence-electron chi connectivity index (χ0n) is 15.3. The zero-order valence-corrected chi connectivity index (χ0v) is 15.3. The van der Waals surface area contributed by atoms with Gasteiger partial charge in [-0.3, -0.25) is 4.79 Å². The van der Waals surface area contributed by atoms with Crippen molar-refractivity contribution in [1.29, 1.82) is 0 Å². The Bertz CT molecular complexity index is 647. The van der Waals surface area contributed by atoms with E-state index in [1.807, 2.05) is 13.8 Å². The Hall–Kier alpha value is -2.81. The molecule has 0 aliphatic rings. The van der Waals surface area contributed by atoms with Crippen LogP contribution in [0.15, 0.2) is 18.2 Å². The van der Waals surface area contributed by atoms with Gasteiger partial charge in [0.05, 0.1) is 24.5 Å². The molecule has 0 aromatic heterocycles. The van der Waals surface area contributed by atoms with Crippen molar-refractivity contribution in [3.05, 3.63) is 23.8 Å². The molecule has 0 aliphatic heterocycles. The standard InChI is InChI=1S/C17H25N3O6/c1-10(2)26-14-6-5-11(16(22)25-4)9-13(14)20-17(23)19-12(15(18)21)7-8-24-3/h5-6,9-10,12H,7-8H2,1-4H3,(H2,18,21)(H2,19,20,23)/t12-/m0/s1. The highest BCUT2D eigenvalue weighted by Gasteiger charge is 2.19. The summed E-state index contributed by atoms with van der Waals surface area (Å²) in [6.45, 7) is 3.91. The van der Waals surface area contributed by atoms with Crippen LogP contribution in [0.4, 0.5) is 10.5 Å². The van der Waals surface area contributed by atoms with Gasteiger partial charge in [-0.15, -0.1) is 0 Å². The fraction of sp³-hybridized carbons (Fsp3) is 0.471. The number of nitrogens with two attached hydrogens (primary N) is 1. The Morgan fingerprint density at radius 3 is 2.42 bits per heavy atom. The van der Waals surface area contributed by atoms with Gasteiger partial charge in [-0.1, -0.05) is 0 Å². The largest absolute Gasteiger partial charge is 0.489 e. The molecule has 0 fully saturated rings. The Morgan fingerprint density at radius 1 is 1.19 bits per heavy atom. The van der Waals surface area contributed by atoms with E-state index in [0.717, 1.165) is 0 Å². The Morgan fingerprint density at radius 2 is 1.88 bits per heavy atom. The van der Waals surface area contributed by atoms with Crippen LogP contribution in [0.5, 0.6) is 5.75 Å². The summed E-state index contributed by atoms with van der Waals surface area (Å²) < 4.78 is 15.2. The van der Waals surface area contributed by atoms with Gasteiger partial charge in [-0.25, -0.2) is 9.59 Å². The van der Waals surface area contributed by atoms with E-state index in [-0.39, 0.29) is 30.4 Å². The maximum Gasteiger partial charge on any atom is 0.337 e. The highest BCUT2D eigenvalue weighted by Crippen LogP contribution is 2.27. The Balaban J connectivity index is 2.97. The molecular weight excluding hydrogens is 342 g/mol. The van der Waals surface area contributed by atoms with E-state index >= 15 is 0 Å². The molecular formula is C17H25N3O6. The van der Waals surface area contributed by atoms with Crippen molar-refractivity contribution < 1.29 is 28.6 Å². The van der Waals surface area contributed by atoms with E-state index in [1.165, 1.54) is 26.4 Å². The molecule has 0 aliphatic carbocycles. The number of methoxy groups -OCH3 is 2. The molecule has 1 rings (SSSR count). The topological polar surface area (TPSA) is 129 Å². The van der Waals surface area contributed by atoms with Crippen LogP contribution in [0, 0.1) is 0 Å². The minimum absolute atomic E-state index is 0.150. The molecule has 26 heavy (non-hydrogen) atoms. The van der Waals surface area contributed by atoms with Crippen molar-refractivity contribution in [2.24, 2.45) is 5.73 Å². The van der Waals surface area contributed by atoms with Crippen molar-refractivity contribution in [1.82, 2.24) is 5.32 Å². The van der Waals surface area contributed by atoms with E-state index in [1.54, 1.807) is 6.07 Å². The summed E-state index contributed by atoms with van der Waals surface area (Å²) >= 11 is 0. The third kappa shape index (κ3) is 6.60. The second-order valence-electron chi connectivity index (χ2n) is 5.70. The first-order chi connectivity index (χ1) is 12.3. The van der Waals surface area contributed by atoms with Crippen LogP contribution in [-0.2, 0) is 14.3 Å².